The molecule has 2 rings (SSSR count). The molecule has 128 valence electrons. The molecule has 7 nitrogen and oxygen atoms in total. The zero-order valence-corrected chi connectivity index (χ0v) is 13.1. The molecule has 0 aliphatic carbocycles. The fraction of sp³-hybridized carbons (Fsp3) is 0.500. The molecule has 1 aromatic rings. The van der Waals surface area contributed by atoms with Gasteiger partial charge in [-0.1, -0.05) is 30.7 Å². The van der Waals surface area contributed by atoms with Crippen LogP contribution < -0.4 is 16.8 Å². The van der Waals surface area contributed by atoms with Crippen LogP contribution in [0.2, 0.25) is 0 Å². The molecule has 1 aromatic carbocycles. The van der Waals surface area contributed by atoms with E-state index in [-0.39, 0.29) is 0 Å². The van der Waals surface area contributed by atoms with Crippen LogP contribution >= 0.6 is 0 Å². The van der Waals surface area contributed by atoms with Crippen molar-refractivity contribution in [3.8, 4) is 0 Å². The average molecular weight is 323 g/mol. The lowest BCUT2D eigenvalue weighted by Crippen LogP contribution is -2.34. The number of aliphatic carboxylic acids is 2. The SMILES string of the molecule is NCCCC[C@H](N)C(=O)O.O=C(O)C1NCCc2ccccc21. The molecule has 0 spiro atoms. The molecule has 1 aliphatic heterocycles. The van der Waals surface area contributed by atoms with Gasteiger partial charge in [-0.25, -0.2) is 0 Å². The predicted molar refractivity (Wildman–Crippen MR) is 87.0 cm³/mol. The Labute approximate surface area is 135 Å². The van der Waals surface area contributed by atoms with Crippen molar-refractivity contribution in [2.45, 2.75) is 37.8 Å². The van der Waals surface area contributed by atoms with Crippen LogP contribution in [0.25, 0.3) is 0 Å². The van der Waals surface area contributed by atoms with E-state index in [1.54, 1.807) is 0 Å². The van der Waals surface area contributed by atoms with Gasteiger partial charge in [0, 0.05) is 6.54 Å². The van der Waals surface area contributed by atoms with Crippen LogP contribution in [-0.4, -0.2) is 41.3 Å². The molecule has 2 atom stereocenters. The van der Waals surface area contributed by atoms with E-state index in [1.165, 1.54) is 0 Å². The van der Waals surface area contributed by atoms with Gasteiger partial charge in [0.05, 0.1) is 0 Å². The van der Waals surface area contributed by atoms with Crippen LogP contribution in [0.15, 0.2) is 24.3 Å². The summed E-state index contributed by atoms with van der Waals surface area (Å²) in [6.45, 7) is 1.35. The van der Waals surface area contributed by atoms with E-state index in [9.17, 15) is 9.59 Å². The summed E-state index contributed by atoms with van der Waals surface area (Å²) < 4.78 is 0. The number of fused-ring (bicyclic) bond motifs is 1. The van der Waals surface area contributed by atoms with E-state index < -0.39 is 24.0 Å². The summed E-state index contributed by atoms with van der Waals surface area (Å²) in [5, 5.41) is 20.2. The second-order valence-electron chi connectivity index (χ2n) is 5.40. The minimum Gasteiger partial charge on any atom is -0.480 e. The first-order chi connectivity index (χ1) is 11.0. The zero-order chi connectivity index (χ0) is 17.2. The highest BCUT2D eigenvalue weighted by Gasteiger charge is 2.24. The Morgan fingerprint density at radius 3 is 2.57 bits per heavy atom. The third-order valence-electron chi connectivity index (χ3n) is 3.64. The molecular formula is C16H25N3O4. The first-order valence-corrected chi connectivity index (χ1v) is 7.69. The Balaban J connectivity index is 0.000000241. The minimum absolute atomic E-state index is 0.520. The summed E-state index contributed by atoms with van der Waals surface area (Å²) in [5.41, 5.74) is 12.5. The van der Waals surface area contributed by atoms with Gasteiger partial charge in [-0.2, -0.15) is 0 Å². The van der Waals surface area contributed by atoms with Crippen molar-refractivity contribution in [1.29, 1.82) is 0 Å². The molecule has 0 aromatic heterocycles. The molecule has 0 radical (unpaired) electrons. The second-order valence-corrected chi connectivity index (χ2v) is 5.40. The largest absolute Gasteiger partial charge is 0.480 e. The molecule has 7 heteroatoms. The van der Waals surface area contributed by atoms with Crippen LogP contribution in [0.1, 0.15) is 36.4 Å². The van der Waals surface area contributed by atoms with Crippen molar-refractivity contribution < 1.29 is 19.8 Å². The highest BCUT2D eigenvalue weighted by atomic mass is 16.4. The normalized spacial score (nSPS) is 17.4. The van der Waals surface area contributed by atoms with Gasteiger partial charge in [0.25, 0.3) is 0 Å². The van der Waals surface area contributed by atoms with Gasteiger partial charge < -0.3 is 27.0 Å². The first-order valence-electron chi connectivity index (χ1n) is 7.69. The maximum absolute atomic E-state index is 10.9. The number of nitrogens with two attached hydrogens (primary N) is 2. The smallest absolute Gasteiger partial charge is 0.325 e. The van der Waals surface area contributed by atoms with Crippen LogP contribution in [-0.2, 0) is 16.0 Å². The Morgan fingerprint density at radius 2 is 1.96 bits per heavy atom. The molecule has 1 unspecified atom stereocenters. The van der Waals surface area contributed by atoms with Crippen molar-refractivity contribution in [1.82, 2.24) is 5.32 Å². The predicted octanol–water partition coefficient (Wildman–Crippen LogP) is 0.485. The Bertz CT molecular complexity index is 522. The number of unbranched alkanes of at least 4 members (excludes halogenated alkanes) is 1. The third kappa shape index (κ3) is 6.35. The highest BCUT2D eigenvalue weighted by molar-refractivity contribution is 5.76. The Kier molecular flexibility index (Phi) is 8.25. The fourth-order valence-corrected chi connectivity index (χ4v) is 2.36. The summed E-state index contributed by atoms with van der Waals surface area (Å²) in [6, 6.07) is 6.45. The molecular weight excluding hydrogens is 298 g/mol. The summed E-state index contributed by atoms with van der Waals surface area (Å²) in [6.07, 6.45) is 3.08. The summed E-state index contributed by atoms with van der Waals surface area (Å²) in [4.78, 5) is 21.0. The number of hydrogen-bond acceptors (Lipinski definition) is 5. The topological polar surface area (TPSA) is 139 Å². The maximum atomic E-state index is 10.9. The van der Waals surface area contributed by atoms with E-state index in [1.807, 2.05) is 24.3 Å². The number of rotatable bonds is 6. The Hall–Kier alpha value is -1.96. The minimum atomic E-state index is -0.933. The third-order valence-corrected chi connectivity index (χ3v) is 3.64. The van der Waals surface area contributed by atoms with Crippen molar-refractivity contribution in [3.63, 3.8) is 0 Å². The van der Waals surface area contributed by atoms with E-state index in [2.05, 4.69) is 5.32 Å². The summed E-state index contributed by atoms with van der Waals surface area (Å²) >= 11 is 0. The summed E-state index contributed by atoms with van der Waals surface area (Å²) in [7, 11) is 0. The van der Waals surface area contributed by atoms with Crippen molar-refractivity contribution in [2.24, 2.45) is 11.5 Å². The number of carboxylic acids is 2. The number of carbonyl (C=O) groups is 2. The van der Waals surface area contributed by atoms with Gasteiger partial charge in [0.1, 0.15) is 12.1 Å². The van der Waals surface area contributed by atoms with Crippen LogP contribution in [0.5, 0.6) is 0 Å². The van der Waals surface area contributed by atoms with Gasteiger partial charge >= 0.3 is 11.9 Å². The standard InChI is InChI=1S/C10H11NO2.C6H14N2O2/c12-10(13)9-8-4-2-1-3-7(8)5-6-11-9;7-4-2-1-3-5(8)6(9)10/h1-4,9,11H,5-6H2,(H,12,13);5H,1-4,7-8H2,(H,9,10)/t;5-/m.0/s1. The lowest BCUT2D eigenvalue weighted by molar-refractivity contribution is -0.140. The molecule has 0 saturated heterocycles. The van der Waals surface area contributed by atoms with Gasteiger partial charge in [-0.3, -0.25) is 9.59 Å². The molecule has 0 bridgehead atoms. The molecule has 0 amide bonds. The first kappa shape index (κ1) is 19.1. The second kappa shape index (κ2) is 9.94. The molecule has 7 N–H and O–H groups in total. The van der Waals surface area contributed by atoms with Crippen molar-refractivity contribution >= 4 is 11.9 Å². The fourth-order valence-electron chi connectivity index (χ4n) is 2.36. The number of benzene rings is 1. The average Bonchev–Trinajstić information content (AvgIpc) is 2.54. The number of carboxylic acid groups (broad SMARTS) is 2. The van der Waals surface area contributed by atoms with E-state index >= 15 is 0 Å². The van der Waals surface area contributed by atoms with Crippen molar-refractivity contribution in [2.75, 3.05) is 13.1 Å². The van der Waals surface area contributed by atoms with E-state index in [0.29, 0.717) is 13.0 Å². The molecule has 0 saturated carbocycles. The van der Waals surface area contributed by atoms with E-state index in [0.717, 1.165) is 36.9 Å². The maximum Gasteiger partial charge on any atom is 0.325 e. The quantitative estimate of drug-likeness (QED) is 0.480. The Morgan fingerprint density at radius 1 is 1.26 bits per heavy atom. The summed E-state index contributed by atoms with van der Waals surface area (Å²) in [5.74, 6) is -1.73. The van der Waals surface area contributed by atoms with E-state index in [4.69, 9.17) is 21.7 Å². The zero-order valence-electron chi connectivity index (χ0n) is 13.1. The van der Waals surface area contributed by atoms with Crippen LogP contribution in [0.4, 0.5) is 0 Å². The van der Waals surface area contributed by atoms with Gasteiger partial charge in [-0.15, -0.1) is 0 Å². The van der Waals surface area contributed by atoms with Gasteiger partial charge in [0.15, 0.2) is 0 Å². The molecule has 1 aliphatic rings. The van der Waals surface area contributed by atoms with Gasteiger partial charge in [0.2, 0.25) is 0 Å². The number of hydrogen-bond donors (Lipinski definition) is 5. The number of nitrogens with one attached hydrogen (secondary N) is 1. The van der Waals surface area contributed by atoms with Gasteiger partial charge in [-0.05, 0) is 36.9 Å². The van der Waals surface area contributed by atoms with Crippen LogP contribution in [0, 0.1) is 0 Å². The lowest BCUT2D eigenvalue weighted by Gasteiger charge is -2.23. The molecule has 1 heterocycles. The molecule has 23 heavy (non-hydrogen) atoms. The highest BCUT2D eigenvalue weighted by Crippen LogP contribution is 2.22. The monoisotopic (exact) mass is 323 g/mol. The van der Waals surface area contributed by atoms with Crippen molar-refractivity contribution in [3.05, 3.63) is 35.4 Å². The lowest BCUT2D eigenvalue weighted by atomic mass is 9.95. The molecule has 0 fully saturated rings. The van der Waals surface area contributed by atoms with Crippen LogP contribution in [0.3, 0.4) is 0 Å².